The van der Waals surface area contributed by atoms with Gasteiger partial charge in [-0.1, -0.05) is 17.7 Å². The molecule has 2 aliphatic heterocycles. The Morgan fingerprint density at radius 3 is 2.87 bits per heavy atom. The molecule has 3 heterocycles. The Kier molecular flexibility index (Phi) is 5.57. The summed E-state index contributed by atoms with van der Waals surface area (Å²) in [5.41, 5.74) is 6.72. The first kappa shape index (κ1) is 20.5. The second-order valence-corrected chi connectivity index (χ2v) is 8.07. The van der Waals surface area contributed by atoms with Crippen LogP contribution in [-0.4, -0.2) is 40.7 Å². The number of hydrogen-bond donors (Lipinski definition) is 1. The number of thiazole rings is 1. The fourth-order valence-corrected chi connectivity index (χ4v) is 4.72. The quantitative estimate of drug-likeness (QED) is 0.709. The molecule has 0 spiro atoms. The average Bonchev–Trinajstić information content (AvgIpc) is 3.37. The van der Waals surface area contributed by atoms with Crippen LogP contribution in [0.4, 0.5) is 4.39 Å². The van der Waals surface area contributed by atoms with Gasteiger partial charge in [0.05, 0.1) is 18.1 Å². The van der Waals surface area contributed by atoms with Crippen molar-refractivity contribution in [3.8, 4) is 0 Å². The van der Waals surface area contributed by atoms with Crippen molar-refractivity contribution in [2.45, 2.75) is 19.4 Å². The molecule has 0 saturated carbocycles. The Morgan fingerprint density at radius 2 is 2.23 bits per heavy atom. The van der Waals surface area contributed by atoms with Crippen molar-refractivity contribution in [2.75, 3.05) is 13.2 Å². The number of amides is 1. The first-order valence-corrected chi connectivity index (χ1v) is 10.6. The zero-order valence-electron chi connectivity index (χ0n) is 16.0. The van der Waals surface area contributed by atoms with Crippen LogP contribution in [0.5, 0.6) is 0 Å². The molecule has 1 amide bonds. The summed E-state index contributed by atoms with van der Waals surface area (Å²) in [5, 5.41) is 2.55. The van der Waals surface area contributed by atoms with Gasteiger partial charge in [0.25, 0.3) is 0 Å². The van der Waals surface area contributed by atoms with Crippen LogP contribution < -0.4 is 5.73 Å². The number of rotatable bonds is 5. The van der Waals surface area contributed by atoms with E-state index in [9.17, 15) is 14.0 Å². The third kappa shape index (κ3) is 3.48. The van der Waals surface area contributed by atoms with E-state index < -0.39 is 29.7 Å². The van der Waals surface area contributed by atoms with E-state index in [1.807, 2.05) is 5.38 Å². The number of amidine groups is 1. The molecule has 1 aromatic heterocycles. The van der Waals surface area contributed by atoms with Crippen molar-refractivity contribution in [3.63, 3.8) is 0 Å². The molecule has 0 radical (unpaired) electrons. The molecule has 2 aromatic rings. The van der Waals surface area contributed by atoms with E-state index in [1.54, 1.807) is 18.0 Å². The van der Waals surface area contributed by atoms with Crippen LogP contribution in [0.2, 0.25) is 5.02 Å². The predicted molar refractivity (Wildman–Crippen MR) is 110 cm³/mol. The van der Waals surface area contributed by atoms with Gasteiger partial charge >= 0.3 is 5.97 Å². The highest BCUT2D eigenvalue weighted by atomic mass is 35.5. The molecule has 2 aliphatic rings. The molecule has 0 bridgehead atoms. The molecule has 7 nitrogen and oxygen atoms in total. The zero-order valence-corrected chi connectivity index (χ0v) is 17.5. The third-order valence-corrected chi connectivity index (χ3v) is 6.13. The Bertz CT molecular complexity index is 1070. The Hall–Kier alpha value is -2.78. The number of nitrogens with zero attached hydrogens (tertiary/aromatic N) is 3. The van der Waals surface area contributed by atoms with Gasteiger partial charge in [-0.05, 0) is 25.5 Å². The molecule has 2 N–H and O–H groups in total. The molecular formula is C20H18ClFN4O3S. The van der Waals surface area contributed by atoms with Crippen molar-refractivity contribution in [1.29, 1.82) is 0 Å². The highest BCUT2D eigenvalue weighted by molar-refractivity contribution is 7.11. The molecule has 1 aromatic carbocycles. The molecule has 4 rings (SSSR count). The summed E-state index contributed by atoms with van der Waals surface area (Å²) < 4.78 is 19.0. The van der Waals surface area contributed by atoms with Crippen LogP contribution in [0.25, 0.3) is 0 Å². The van der Waals surface area contributed by atoms with Crippen molar-refractivity contribution in [2.24, 2.45) is 16.6 Å². The fourth-order valence-electron chi connectivity index (χ4n) is 3.81. The van der Waals surface area contributed by atoms with Crippen molar-refractivity contribution < 1.29 is 18.7 Å². The van der Waals surface area contributed by atoms with E-state index in [4.69, 9.17) is 27.1 Å². The number of fused-ring (bicyclic) bond motifs is 1. The highest BCUT2D eigenvalue weighted by Gasteiger charge is 2.45. The number of aromatic nitrogens is 1. The van der Waals surface area contributed by atoms with Crippen molar-refractivity contribution in [1.82, 2.24) is 9.88 Å². The Labute approximate surface area is 181 Å². The summed E-state index contributed by atoms with van der Waals surface area (Å²) in [5.74, 6) is -1.83. The van der Waals surface area contributed by atoms with E-state index in [1.165, 1.54) is 23.5 Å². The van der Waals surface area contributed by atoms with E-state index in [0.717, 1.165) is 6.07 Å². The van der Waals surface area contributed by atoms with Gasteiger partial charge in [-0.15, -0.1) is 11.3 Å². The van der Waals surface area contributed by atoms with Gasteiger partial charge in [-0.25, -0.2) is 14.2 Å². The number of halogens is 2. The van der Waals surface area contributed by atoms with Gasteiger partial charge in [0.15, 0.2) is 10.8 Å². The summed E-state index contributed by atoms with van der Waals surface area (Å²) in [6.45, 7) is 2.28. The lowest BCUT2D eigenvalue weighted by atomic mass is 9.90. The molecule has 2 unspecified atom stereocenters. The summed E-state index contributed by atoms with van der Waals surface area (Å²) in [7, 11) is 0. The predicted octanol–water partition coefficient (Wildman–Crippen LogP) is 3.06. The largest absolute Gasteiger partial charge is 0.463 e. The smallest absolute Gasteiger partial charge is 0.338 e. The molecule has 1 saturated heterocycles. The second kappa shape index (κ2) is 8.16. The number of hydrogen-bond acceptors (Lipinski definition) is 7. The summed E-state index contributed by atoms with van der Waals surface area (Å²) in [6, 6.07) is 3.01. The van der Waals surface area contributed by atoms with Crippen molar-refractivity contribution in [3.05, 3.63) is 62.5 Å². The van der Waals surface area contributed by atoms with Crippen LogP contribution in [0.1, 0.15) is 30.0 Å². The van der Waals surface area contributed by atoms with Gasteiger partial charge in [0.2, 0.25) is 5.91 Å². The van der Waals surface area contributed by atoms with Gasteiger partial charge < -0.3 is 15.4 Å². The normalized spacial score (nSPS) is 20.8. The van der Waals surface area contributed by atoms with Crippen molar-refractivity contribution >= 4 is 40.6 Å². The van der Waals surface area contributed by atoms with Crippen LogP contribution in [0.3, 0.4) is 0 Å². The number of carbonyl (C=O) groups is 2. The maximum absolute atomic E-state index is 13.7. The van der Waals surface area contributed by atoms with E-state index in [2.05, 4.69) is 4.98 Å². The summed E-state index contributed by atoms with van der Waals surface area (Å²) in [4.78, 5) is 36.1. The summed E-state index contributed by atoms with van der Waals surface area (Å²) in [6.07, 6.45) is 2.08. The average molecular weight is 449 g/mol. The van der Waals surface area contributed by atoms with E-state index in [-0.39, 0.29) is 17.2 Å². The molecule has 10 heteroatoms. The van der Waals surface area contributed by atoms with E-state index in [0.29, 0.717) is 35.1 Å². The van der Waals surface area contributed by atoms with Crippen LogP contribution >= 0.6 is 22.9 Å². The number of nitrogens with two attached hydrogens (primary N) is 1. The molecule has 156 valence electrons. The van der Waals surface area contributed by atoms with E-state index >= 15 is 0 Å². The maximum Gasteiger partial charge on any atom is 0.338 e. The number of esters is 1. The minimum absolute atomic E-state index is 0.117. The van der Waals surface area contributed by atoms with Crippen LogP contribution in [0.15, 0.2) is 46.0 Å². The maximum atomic E-state index is 13.7. The lowest BCUT2D eigenvalue weighted by Gasteiger charge is -2.33. The van der Waals surface area contributed by atoms with Gasteiger partial charge in [0, 0.05) is 34.4 Å². The fraction of sp³-hybridized carbons (Fsp3) is 0.300. The Balaban J connectivity index is 1.97. The number of primary amides is 1. The zero-order chi connectivity index (χ0) is 21.4. The van der Waals surface area contributed by atoms with Gasteiger partial charge in [-0.2, -0.15) is 0 Å². The molecule has 0 aliphatic carbocycles. The first-order valence-electron chi connectivity index (χ1n) is 9.33. The molecular weight excluding hydrogens is 431 g/mol. The van der Waals surface area contributed by atoms with Crippen LogP contribution in [-0.2, 0) is 14.3 Å². The van der Waals surface area contributed by atoms with Gasteiger partial charge in [-0.3, -0.25) is 9.79 Å². The Morgan fingerprint density at radius 1 is 1.43 bits per heavy atom. The minimum Gasteiger partial charge on any atom is -0.463 e. The number of ether oxygens (including phenoxy) is 1. The monoisotopic (exact) mass is 448 g/mol. The lowest BCUT2D eigenvalue weighted by molar-refractivity contribution is -0.139. The summed E-state index contributed by atoms with van der Waals surface area (Å²) >= 11 is 7.70. The topological polar surface area (TPSA) is 97.9 Å². The lowest BCUT2D eigenvalue weighted by Crippen LogP contribution is -2.38. The highest BCUT2D eigenvalue weighted by Crippen LogP contribution is 2.44. The minimum atomic E-state index is -0.887. The number of carbonyl (C=O) groups excluding carboxylic acids is 2. The molecule has 30 heavy (non-hydrogen) atoms. The van der Waals surface area contributed by atoms with Crippen LogP contribution in [0, 0.1) is 11.7 Å². The first-order chi connectivity index (χ1) is 14.4. The standard InChI is InChI=1S/C20H18ClFN4O3S/c1-2-29-20(28)14-15(11-4-3-10(22)9-13(11)21)25-18(19-24-6-8-30-19)26-7-5-12(16(14)26)17(23)27/h3-4,6,8-9,12,15H,2,5,7H2,1H3,(H2,23,27). The van der Waals surface area contributed by atoms with Gasteiger partial charge in [0.1, 0.15) is 11.9 Å². The molecule has 2 atom stereocenters. The second-order valence-electron chi connectivity index (χ2n) is 6.77. The SMILES string of the molecule is CCOC(=O)C1=C2C(C(N)=O)CCN2C(c2nccs2)=NC1c1ccc(F)cc1Cl. The number of benzene rings is 1. The molecule has 1 fully saturated rings. The third-order valence-electron chi connectivity index (χ3n) is 5.04. The number of aliphatic imine (C=N–C) groups is 1.